The van der Waals surface area contributed by atoms with E-state index in [4.69, 9.17) is 5.73 Å². The third kappa shape index (κ3) is 1.80. The van der Waals surface area contributed by atoms with Crippen molar-refractivity contribution in [2.45, 2.75) is 12.8 Å². The summed E-state index contributed by atoms with van der Waals surface area (Å²) in [6.45, 7) is 0.743. The normalized spacial score (nSPS) is 15.1. The lowest BCUT2D eigenvalue weighted by molar-refractivity contribution is -0.117. The van der Waals surface area contributed by atoms with Gasteiger partial charge in [0.1, 0.15) is 5.82 Å². The smallest absolute Gasteiger partial charge is 0.253 e. The van der Waals surface area contributed by atoms with Gasteiger partial charge in [0.25, 0.3) is 5.91 Å². The highest BCUT2D eigenvalue weighted by Gasteiger charge is 2.23. The highest BCUT2D eigenvalue weighted by Crippen LogP contribution is 2.30. The van der Waals surface area contributed by atoms with Gasteiger partial charge in [-0.1, -0.05) is 0 Å². The molecule has 2 amide bonds. The Bertz CT molecular complexity index is 705. The molecule has 1 saturated heterocycles. The number of aromatic nitrogens is 1. The molecule has 6 nitrogen and oxygen atoms in total. The minimum Gasteiger partial charge on any atom is -0.374 e. The summed E-state index contributed by atoms with van der Waals surface area (Å²) in [5, 5.41) is 3.69. The first kappa shape index (κ1) is 12.5. The molecule has 0 atom stereocenters. The van der Waals surface area contributed by atoms with Gasteiger partial charge in [-0.25, -0.2) is 0 Å². The topological polar surface area (TPSA) is 91.2 Å². The Kier molecular flexibility index (Phi) is 2.85. The second-order valence-corrected chi connectivity index (χ2v) is 4.87. The number of nitrogens with one attached hydrogen (secondary N) is 2. The lowest BCUT2D eigenvalue weighted by Crippen LogP contribution is -2.23. The zero-order valence-electron chi connectivity index (χ0n) is 11.2. The molecule has 0 bridgehead atoms. The molecule has 4 N–H and O–H groups in total. The van der Waals surface area contributed by atoms with Crippen LogP contribution in [-0.2, 0) is 4.79 Å². The van der Waals surface area contributed by atoms with E-state index in [0.717, 1.165) is 29.6 Å². The zero-order valence-corrected chi connectivity index (χ0v) is 11.2. The molecule has 0 spiro atoms. The molecule has 0 aliphatic carbocycles. The second-order valence-electron chi connectivity index (χ2n) is 4.87. The summed E-state index contributed by atoms with van der Waals surface area (Å²) in [5.41, 5.74) is 7.50. The van der Waals surface area contributed by atoms with Gasteiger partial charge in [0.2, 0.25) is 5.91 Å². The molecule has 0 saturated carbocycles. The van der Waals surface area contributed by atoms with Crippen molar-refractivity contribution >= 4 is 34.2 Å². The van der Waals surface area contributed by atoms with Crippen molar-refractivity contribution in [3.05, 3.63) is 23.8 Å². The SMILES string of the molecule is CNc1[nH]c2cc(N3CCCC3=O)ccc2c1C(N)=O. The van der Waals surface area contributed by atoms with Crippen LogP contribution in [-0.4, -0.2) is 30.4 Å². The summed E-state index contributed by atoms with van der Waals surface area (Å²) in [5.74, 6) is 0.253. The highest BCUT2D eigenvalue weighted by molar-refractivity contribution is 6.11. The van der Waals surface area contributed by atoms with E-state index in [9.17, 15) is 9.59 Å². The van der Waals surface area contributed by atoms with E-state index >= 15 is 0 Å². The molecule has 0 unspecified atom stereocenters. The summed E-state index contributed by atoms with van der Waals surface area (Å²) in [7, 11) is 1.72. The van der Waals surface area contributed by atoms with E-state index in [1.807, 2.05) is 18.2 Å². The van der Waals surface area contributed by atoms with Crippen LogP contribution in [0.1, 0.15) is 23.2 Å². The van der Waals surface area contributed by atoms with Crippen molar-refractivity contribution in [3.63, 3.8) is 0 Å². The lowest BCUT2D eigenvalue weighted by atomic mass is 10.1. The molecule has 6 heteroatoms. The number of H-pyrrole nitrogens is 1. The number of benzene rings is 1. The maximum atomic E-state index is 11.8. The van der Waals surface area contributed by atoms with Crippen LogP contribution in [0.25, 0.3) is 10.9 Å². The van der Waals surface area contributed by atoms with Crippen LogP contribution in [0.3, 0.4) is 0 Å². The fraction of sp³-hybridized carbons (Fsp3) is 0.286. The molecular weight excluding hydrogens is 256 g/mol. The van der Waals surface area contributed by atoms with Gasteiger partial charge < -0.3 is 20.9 Å². The number of nitrogens with two attached hydrogens (primary N) is 1. The largest absolute Gasteiger partial charge is 0.374 e. The Labute approximate surface area is 115 Å². The van der Waals surface area contributed by atoms with Gasteiger partial charge in [0.15, 0.2) is 0 Å². The molecule has 104 valence electrons. The third-order valence-electron chi connectivity index (χ3n) is 3.66. The predicted octanol–water partition coefficient (Wildman–Crippen LogP) is 1.44. The number of primary amides is 1. The van der Waals surface area contributed by atoms with Gasteiger partial charge in [0, 0.05) is 36.6 Å². The van der Waals surface area contributed by atoms with Gasteiger partial charge in [-0.2, -0.15) is 0 Å². The molecule has 20 heavy (non-hydrogen) atoms. The lowest BCUT2D eigenvalue weighted by Gasteiger charge is -2.15. The fourth-order valence-electron chi connectivity index (χ4n) is 2.72. The number of amides is 2. The zero-order chi connectivity index (χ0) is 14.3. The van der Waals surface area contributed by atoms with Crippen LogP contribution in [0.15, 0.2) is 18.2 Å². The monoisotopic (exact) mass is 272 g/mol. The first-order chi connectivity index (χ1) is 9.61. The molecule has 1 aliphatic heterocycles. The Morgan fingerprint density at radius 3 is 2.85 bits per heavy atom. The van der Waals surface area contributed by atoms with Gasteiger partial charge in [-0.05, 0) is 24.6 Å². The average Bonchev–Trinajstić information content (AvgIpc) is 3.00. The predicted molar refractivity (Wildman–Crippen MR) is 78.0 cm³/mol. The Morgan fingerprint density at radius 2 is 2.25 bits per heavy atom. The van der Waals surface area contributed by atoms with Gasteiger partial charge in [0.05, 0.1) is 5.56 Å². The minimum atomic E-state index is -0.481. The fourth-order valence-corrected chi connectivity index (χ4v) is 2.72. The van der Waals surface area contributed by atoms with Crippen LogP contribution in [0.2, 0.25) is 0 Å². The van der Waals surface area contributed by atoms with Gasteiger partial charge in [-0.15, -0.1) is 0 Å². The van der Waals surface area contributed by atoms with Crippen LogP contribution < -0.4 is 16.0 Å². The molecule has 1 aliphatic rings. The summed E-state index contributed by atoms with van der Waals surface area (Å²) in [4.78, 5) is 28.2. The molecule has 1 fully saturated rings. The number of rotatable bonds is 3. The third-order valence-corrected chi connectivity index (χ3v) is 3.66. The quantitative estimate of drug-likeness (QED) is 0.789. The van der Waals surface area contributed by atoms with Crippen molar-refractivity contribution in [2.24, 2.45) is 5.73 Å². The number of nitrogens with zero attached hydrogens (tertiary/aromatic N) is 1. The van der Waals surface area contributed by atoms with Crippen molar-refractivity contribution in [3.8, 4) is 0 Å². The van der Waals surface area contributed by atoms with Crippen molar-refractivity contribution in [1.82, 2.24) is 4.98 Å². The van der Waals surface area contributed by atoms with E-state index in [2.05, 4.69) is 10.3 Å². The van der Waals surface area contributed by atoms with Crippen LogP contribution in [0.4, 0.5) is 11.5 Å². The summed E-state index contributed by atoms with van der Waals surface area (Å²) >= 11 is 0. The van der Waals surface area contributed by atoms with Crippen LogP contribution in [0.5, 0.6) is 0 Å². The minimum absolute atomic E-state index is 0.139. The van der Waals surface area contributed by atoms with Crippen LogP contribution >= 0.6 is 0 Å². The number of anilines is 2. The Morgan fingerprint density at radius 1 is 1.45 bits per heavy atom. The van der Waals surface area contributed by atoms with E-state index < -0.39 is 5.91 Å². The van der Waals surface area contributed by atoms with E-state index in [1.54, 1.807) is 11.9 Å². The molecular formula is C14H16N4O2. The number of aromatic amines is 1. The number of carbonyl (C=O) groups excluding carboxylic acids is 2. The van der Waals surface area contributed by atoms with E-state index in [1.165, 1.54) is 0 Å². The summed E-state index contributed by atoms with van der Waals surface area (Å²) in [6, 6.07) is 5.56. The number of carbonyl (C=O) groups is 2. The van der Waals surface area contributed by atoms with Crippen LogP contribution in [0, 0.1) is 0 Å². The molecule has 2 heterocycles. The van der Waals surface area contributed by atoms with Crippen molar-refractivity contribution in [2.75, 3.05) is 23.8 Å². The molecule has 3 rings (SSSR count). The van der Waals surface area contributed by atoms with Gasteiger partial charge in [-0.3, -0.25) is 9.59 Å². The first-order valence-electron chi connectivity index (χ1n) is 6.55. The van der Waals surface area contributed by atoms with Crippen molar-refractivity contribution < 1.29 is 9.59 Å². The Balaban J connectivity index is 2.12. The summed E-state index contributed by atoms with van der Waals surface area (Å²) < 4.78 is 0. The van der Waals surface area contributed by atoms with E-state index in [0.29, 0.717) is 17.8 Å². The first-order valence-corrected chi connectivity index (χ1v) is 6.55. The number of hydrogen-bond donors (Lipinski definition) is 3. The standard InChI is InChI=1S/C14H16N4O2/c1-16-14-12(13(15)20)9-5-4-8(7-10(9)17-14)18-6-2-3-11(18)19/h4-5,7,16-17H,2-3,6H2,1H3,(H2,15,20). The highest BCUT2D eigenvalue weighted by atomic mass is 16.2. The maximum Gasteiger partial charge on any atom is 0.253 e. The summed E-state index contributed by atoms with van der Waals surface area (Å²) in [6.07, 6.45) is 1.48. The maximum absolute atomic E-state index is 11.8. The van der Waals surface area contributed by atoms with Gasteiger partial charge >= 0.3 is 0 Å². The second kappa shape index (κ2) is 4.56. The number of fused-ring (bicyclic) bond motifs is 1. The van der Waals surface area contributed by atoms with Crippen molar-refractivity contribution in [1.29, 1.82) is 0 Å². The average molecular weight is 272 g/mol. The molecule has 1 aromatic carbocycles. The molecule has 0 radical (unpaired) electrons. The molecule has 2 aromatic rings. The Hall–Kier alpha value is -2.50. The number of hydrogen-bond acceptors (Lipinski definition) is 3. The molecule has 1 aromatic heterocycles. The van der Waals surface area contributed by atoms with E-state index in [-0.39, 0.29) is 5.91 Å².